The fourth-order valence-electron chi connectivity index (χ4n) is 3.13. The van der Waals surface area contributed by atoms with E-state index in [9.17, 15) is 0 Å². The number of hydrogen-bond donors (Lipinski definition) is 0. The van der Waals surface area contributed by atoms with Crippen LogP contribution in [0.4, 0.5) is 5.82 Å². The van der Waals surface area contributed by atoms with Crippen molar-refractivity contribution in [3.63, 3.8) is 0 Å². The molecule has 116 valence electrons. The highest BCUT2D eigenvalue weighted by atomic mass is 16.5. The number of hydrogen-bond acceptors (Lipinski definition) is 4. The maximum Gasteiger partial charge on any atom is 0.147 e. The molecule has 0 unspecified atom stereocenters. The summed E-state index contributed by atoms with van der Waals surface area (Å²) >= 11 is 0. The van der Waals surface area contributed by atoms with Crippen molar-refractivity contribution >= 4 is 5.82 Å². The summed E-state index contributed by atoms with van der Waals surface area (Å²) in [4.78, 5) is 11.0. The van der Waals surface area contributed by atoms with Gasteiger partial charge in [-0.2, -0.15) is 0 Å². The van der Waals surface area contributed by atoms with Crippen LogP contribution >= 0.6 is 0 Å². The highest BCUT2D eigenvalue weighted by molar-refractivity contribution is 5.35. The molecule has 4 nitrogen and oxygen atoms in total. The lowest BCUT2D eigenvalue weighted by atomic mass is 9.91. The molecule has 0 spiro atoms. The molecule has 0 bridgehead atoms. The van der Waals surface area contributed by atoms with Crippen molar-refractivity contribution in [3.05, 3.63) is 48.4 Å². The molecule has 1 aromatic heterocycles. The van der Waals surface area contributed by atoms with E-state index in [1.54, 1.807) is 19.5 Å². The fraction of sp³-hybridized carbons (Fsp3) is 0.444. The Bertz CT molecular complexity index is 571. The Morgan fingerprint density at radius 1 is 1.23 bits per heavy atom. The topological polar surface area (TPSA) is 38.2 Å². The van der Waals surface area contributed by atoms with Gasteiger partial charge in [-0.25, -0.2) is 4.98 Å². The van der Waals surface area contributed by atoms with Crippen LogP contribution in [0.2, 0.25) is 0 Å². The SMILES string of the molecule is COc1ccc(CC[C@H]2CCCN(c3cnccn3)C2)cc1. The molecule has 2 aromatic rings. The van der Waals surface area contributed by atoms with Gasteiger partial charge in [0.15, 0.2) is 0 Å². The van der Waals surface area contributed by atoms with Crippen LogP contribution in [0, 0.1) is 5.92 Å². The van der Waals surface area contributed by atoms with E-state index < -0.39 is 0 Å². The maximum absolute atomic E-state index is 5.21. The number of aromatic nitrogens is 2. The Hall–Kier alpha value is -2.10. The van der Waals surface area contributed by atoms with Gasteiger partial charge in [-0.05, 0) is 49.3 Å². The lowest BCUT2D eigenvalue weighted by molar-refractivity contribution is 0.389. The van der Waals surface area contributed by atoms with E-state index >= 15 is 0 Å². The standard InChI is InChI=1S/C18H23N3O/c1-22-17-8-6-15(7-9-17)4-5-16-3-2-12-21(14-16)18-13-19-10-11-20-18/h6-11,13,16H,2-5,12,14H2,1H3/t16-/m1/s1. The van der Waals surface area contributed by atoms with Crippen LogP contribution in [0.1, 0.15) is 24.8 Å². The van der Waals surface area contributed by atoms with E-state index in [1.807, 2.05) is 18.3 Å². The number of methoxy groups -OCH3 is 1. The molecule has 1 aliphatic rings. The molecule has 0 aliphatic carbocycles. The van der Waals surface area contributed by atoms with Crippen molar-refractivity contribution < 1.29 is 4.74 Å². The Labute approximate surface area is 132 Å². The molecule has 22 heavy (non-hydrogen) atoms. The Morgan fingerprint density at radius 2 is 2.09 bits per heavy atom. The predicted octanol–water partition coefficient (Wildman–Crippen LogP) is 3.33. The lowest BCUT2D eigenvalue weighted by Crippen LogP contribution is -2.36. The second kappa shape index (κ2) is 7.25. The summed E-state index contributed by atoms with van der Waals surface area (Å²) in [6, 6.07) is 8.42. The van der Waals surface area contributed by atoms with Crippen molar-refractivity contribution in [3.8, 4) is 5.75 Å². The number of anilines is 1. The smallest absolute Gasteiger partial charge is 0.147 e. The molecule has 0 amide bonds. The molecule has 1 saturated heterocycles. The van der Waals surface area contributed by atoms with Crippen LogP contribution in [0.15, 0.2) is 42.9 Å². The quantitative estimate of drug-likeness (QED) is 0.848. The highest BCUT2D eigenvalue weighted by Crippen LogP contribution is 2.24. The van der Waals surface area contributed by atoms with Gasteiger partial charge in [-0.15, -0.1) is 0 Å². The van der Waals surface area contributed by atoms with E-state index in [1.165, 1.54) is 24.8 Å². The van der Waals surface area contributed by atoms with Gasteiger partial charge < -0.3 is 9.64 Å². The van der Waals surface area contributed by atoms with Crippen LogP contribution in [-0.4, -0.2) is 30.2 Å². The van der Waals surface area contributed by atoms with Crippen LogP contribution in [0.25, 0.3) is 0 Å². The molecular weight excluding hydrogens is 274 g/mol. The number of nitrogens with zero attached hydrogens (tertiary/aromatic N) is 3. The summed E-state index contributed by atoms with van der Waals surface area (Å²) in [5, 5.41) is 0. The molecular formula is C18H23N3O. The van der Waals surface area contributed by atoms with E-state index in [0.29, 0.717) is 0 Å². The molecule has 1 aliphatic heterocycles. The number of benzene rings is 1. The number of rotatable bonds is 5. The first-order valence-electron chi connectivity index (χ1n) is 7.99. The number of ether oxygens (including phenoxy) is 1. The van der Waals surface area contributed by atoms with Crippen LogP contribution in [0.5, 0.6) is 5.75 Å². The van der Waals surface area contributed by atoms with E-state index in [4.69, 9.17) is 4.74 Å². The zero-order valence-corrected chi connectivity index (χ0v) is 13.1. The molecule has 1 atom stereocenters. The Morgan fingerprint density at radius 3 is 2.82 bits per heavy atom. The lowest BCUT2D eigenvalue weighted by Gasteiger charge is -2.33. The first kappa shape index (κ1) is 14.8. The predicted molar refractivity (Wildman–Crippen MR) is 88.3 cm³/mol. The number of piperidine rings is 1. The first-order valence-corrected chi connectivity index (χ1v) is 7.99. The van der Waals surface area contributed by atoms with Crippen molar-refractivity contribution in [1.82, 2.24) is 9.97 Å². The summed E-state index contributed by atoms with van der Waals surface area (Å²) < 4.78 is 5.21. The Balaban J connectivity index is 1.54. The van der Waals surface area contributed by atoms with Gasteiger partial charge in [0.1, 0.15) is 11.6 Å². The van der Waals surface area contributed by atoms with Gasteiger partial charge in [0, 0.05) is 25.5 Å². The molecule has 0 N–H and O–H groups in total. The minimum absolute atomic E-state index is 0.734. The average Bonchev–Trinajstić information content (AvgIpc) is 2.61. The van der Waals surface area contributed by atoms with Crippen molar-refractivity contribution in [1.29, 1.82) is 0 Å². The second-order valence-corrected chi connectivity index (χ2v) is 5.90. The molecule has 0 radical (unpaired) electrons. The summed E-state index contributed by atoms with van der Waals surface area (Å²) in [6.07, 6.45) is 10.3. The van der Waals surface area contributed by atoms with Gasteiger partial charge in [0.25, 0.3) is 0 Å². The zero-order valence-electron chi connectivity index (χ0n) is 13.1. The van der Waals surface area contributed by atoms with E-state index in [0.717, 1.165) is 37.0 Å². The summed E-state index contributed by atoms with van der Waals surface area (Å²) in [5.41, 5.74) is 1.39. The van der Waals surface area contributed by atoms with Crippen LogP contribution in [-0.2, 0) is 6.42 Å². The minimum atomic E-state index is 0.734. The van der Waals surface area contributed by atoms with Crippen LogP contribution < -0.4 is 9.64 Å². The van der Waals surface area contributed by atoms with E-state index in [2.05, 4.69) is 27.0 Å². The maximum atomic E-state index is 5.21. The number of aryl methyl sites for hydroxylation is 1. The molecule has 1 aromatic carbocycles. The Kier molecular flexibility index (Phi) is 4.88. The summed E-state index contributed by atoms with van der Waals surface area (Å²) in [5.74, 6) is 2.67. The van der Waals surface area contributed by atoms with Crippen molar-refractivity contribution in [2.45, 2.75) is 25.7 Å². The third-order valence-electron chi connectivity index (χ3n) is 4.39. The van der Waals surface area contributed by atoms with Gasteiger partial charge in [0.2, 0.25) is 0 Å². The molecule has 4 heteroatoms. The first-order chi connectivity index (χ1) is 10.8. The van der Waals surface area contributed by atoms with Gasteiger partial charge in [0.05, 0.1) is 13.3 Å². The molecule has 3 rings (SSSR count). The fourth-order valence-corrected chi connectivity index (χ4v) is 3.13. The third-order valence-corrected chi connectivity index (χ3v) is 4.39. The van der Waals surface area contributed by atoms with Gasteiger partial charge in [-0.1, -0.05) is 12.1 Å². The monoisotopic (exact) mass is 297 g/mol. The second-order valence-electron chi connectivity index (χ2n) is 5.90. The van der Waals surface area contributed by atoms with E-state index in [-0.39, 0.29) is 0 Å². The van der Waals surface area contributed by atoms with Crippen molar-refractivity contribution in [2.24, 2.45) is 5.92 Å². The normalized spacial score (nSPS) is 18.2. The molecule has 0 saturated carbocycles. The highest BCUT2D eigenvalue weighted by Gasteiger charge is 2.20. The summed E-state index contributed by atoms with van der Waals surface area (Å²) in [6.45, 7) is 2.19. The summed E-state index contributed by atoms with van der Waals surface area (Å²) in [7, 11) is 1.71. The van der Waals surface area contributed by atoms with Gasteiger partial charge >= 0.3 is 0 Å². The largest absolute Gasteiger partial charge is 0.497 e. The van der Waals surface area contributed by atoms with Crippen LogP contribution in [0.3, 0.4) is 0 Å². The minimum Gasteiger partial charge on any atom is -0.497 e. The van der Waals surface area contributed by atoms with Gasteiger partial charge in [-0.3, -0.25) is 4.98 Å². The van der Waals surface area contributed by atoms with Crippen molar-refractivity contribution in [2.75, 3.05) is 25.1 Å². The molecule has 2 heterocycles. The zero-order chi connectivity index (χ0) is 15.2. The molecule has 1 fully saturated rings. The third kappa shape index (κ3) is 3.75. The average molecular weight is 297 g/mol.